The third kappa shape index (κ3) is 6.07. The van der Waals surface area contributed by atoms with E-state index in [0.29, 0.717) is 6.61 Å². The van der Waals surface area contributed by atoms with E-state index >= 15 is 0 Å². The molecule has 162 valence electrons. The number of ether oxygens (including phenoxy) is 4. The predicted molar refractivity (Wildman–Crippen MR) is 108 cm³/mol. The largest absolute Gasteiger partial charge is 0.390 e. The average Bonchev–Trinajstić information content (AvgIpc) is 2.76. The number of hydrogen-bond donors (Lipinski definition) is 1. The Balaban J connectivity index is 1.69. The minimum absolute atomic E-state index is 0.149. The van der Waals surface area contributed by atoms with Gasteiger partial charge in [-0.15, -0.1) is 0 Å². The quantitative estimate of drug-likeness (QED) is 0.468. The highest BCUT2D eigenvalue weighted by Gasteiger charge is 2.48. The van der Waals surface area contributed by atoms with Crippen molar-refractivity contribution in [3.63, 3.8) is 0 Å². The van der Waals surface area contributed by atoms with Crippen LogP contribution in [0.1, 0.15) is 11.1 Å². The molecule has 1 aliphatic heterocycles. The highest BCUT2D eigenvalue weighted by molar-refractivity contribution is 5.14. The van der Waals surface area contributed by atoms with Crippen LogP contribution in [0.5, 0.6) is 0 Å². The van der Waals surface area contributed by atoms with E-state index in [0.717, 1.165) is 11.1 Å². The first-order chi connectivity index (χ1) is 14.6. The molecule has 8 heteroatoms. The summed E-state index contributed by atoms with van der Waals surface area (Å²) in [5, 5.41) is 22.0. The number of aliphatic hydroxyl groups excluding tert-OH is 1. The fourth-order valence-electron chi connectivity index (χ4n) is 3.55. The average molecular weight is 417 g/mol. The maximum absolute atomic E-state index is 11.1. The number of aliphatic hydroxyl groups is 1. The van der Waals surface area contributed by atoms with Gasteiger partial charge in [0, 0.05) is 12.0 Å². The van der Waals surface area contributed by atoms with Gasteiger partial charge in [0.25, 0.3) is 0 Å². The monoisotopic (exact) mass is 417 g/mol. The van der Waals surface area contributed by atoms with Gasteiger partial charge >= 0.3 is 0 Å². The summed E-state index contributed by atoms with van der Waals surface area (Å²) in [6.45, 7) is 0.279. The molecule has 30 heavy (non-hydrogen) atoms. The fourth-order valence-corrected chi connectivity index (χ4v) is 3.55. The predicted octanol–water partition coefficient (Wildman–Crippen LogP) is 2.41. The zero-order valence-corrected chi connectivity index (χ0v) is 16.8. The van der Waals surface area contributed by atoms with Gasteiger partial charge in [0.1, 0.15) is 18.1 Å². The highest BCUT2D eigenvalue weighted by atomic mass is 16.7. The molecule has 0 spiro atoms. The molecular weight excluding hydrogens is 390 g/mol. The Morgan fingerprint density at radius 1 is 1.03 bits per heavy atom. The second-order valence-corrected chi connectivity index (χ2v) is 7.21. The molecule has 0 saturated carbocycles. The van der Waals surface area contributed by atoms with Crippen LogP contribution < -0.4 is 0 Å². The molecule has 1 heterocycles. The van der Waals surface area contributed by atoms with E-state index in [4.69, 9.17) is 18.9 Å². The SMILES string of the molecule is COC1OC(COCc2ccccc2)C(OCc2ccccc2)C(O)C1C[N+](=O)[O-]. The van der Waals surface area contributed by atoms with Crippen molar-refractivity contribution >= 4 is 0 Å². The molecule has 0 aliphatic carbocycles. The first-order valence-corrected chi connectivity index (χ1v) is 9.83. The minimum atomic E-state index is -1.14. The van der Waals surface area contributed by atoms with E-state index in [1.165, 1.54) is 7.11 Å². The Morgan fingerprint density at radius 2 is 1.63 bits per heavy atom. The summed E-state index contributed by atoms with van der Waals surface area (Å²) in [4.78, 5) is 10.6. The molecule has 8 nitrogen and oxygen atoms in total. The Labute approximate surface area is 175 Å². The van der Waals surface area contributed by atoms with E-state index in [2.05, 4.69) is 0 Å². The summed E-state index contributed by atoms with van der Waals surface area (Å²) in [6, 6.07) is 19.2. The van der Waals surface area contributed by atoms with Gasteiger partial charge < -0.3 is 24.1 Å². The van der Waals surface area contributed by atoms with Crippen molar-refractivity contribution in [2.45, 2.75) is 37.8 Å². The standard InChI is InChI=1S/C22H27NO7/c1-27-22-18(12-23(25)26)20(24)21(29-14-17-10-6-3-7-11-17)19(30-22)15-28-13-16-8-4-2-5-9-16/h2-11,18-22,24H,12-15H2,1H3. The van der Waals surface area contributed by atoms with Crippen LogP contribution in [0.3, 0.4) is 0 Å². The second-order valence-electron chi connectivity index (χ2n) is 7.21. The third-order valence-corrected chi connectivity index (χ3v) is 5.07. The molecule has 2 aromatic carbocycles. The molecule has 5 atom stereocenters. The Hall–Kier alpha value is -2.36. The van der Waals surface area contributed by atoms with Crippen LogP contribution in [0.15, 0.2) is 60.7 Å². The Kier molecular flexibility index (Phi) is 8.30. The molecule has 2 aromatic rings. The topological polar surface area (TPSA) is 100 Å². The summed E-state index contributed by atoms with van der Waals surface area (Å²) in [5.74, 6) is -0.851. The molecule has 5 unspecified atom stereocenters. The van der Waals surface area contributed by atoms with Gasteiger partial charge in [-0.3, -0.25) is 10.1 Å². The molecule has 1 saturated heterocycles. The zero-order chi connectivity index (χ0) is 21.3. The summed E-state index contributed by atoms with van der Waals surface area (Å²) < 4.78 is 23.0. The van der Waals surface area contributed by atoms with Gasteiger partial charge in [-0.25, -0.2) is 0 Å². The Bertz CT molecular complexity index is 774. The van der Waals surface area contributed by atoms with Crippen molar-refractivity contribution in [1.82, 2.24) is 0 Å². The number of rotatable bonds is 10. The number of nitro groups is 1. The van der Waals surface area contributed by atoms with E-state index in [1.807, 2.05) is 60.7 Å². The molecule has 0 amide bonds. The van der Waals surface area contributed by atoms with E-state index in [-0.39, 0.29) is 13.2 Å². The number of nitrogens with zero attached hydrogens (tertiary/aromatic N) is 1. The van der Waals surface area contributed by atoms with Crippen molar-refractivity contribution in [3.05, 3.63) is 81.9 Å². The summed E-state index contributed by atoms with van der Waals surface area (Å²) in [5.41, 5.74) is 1.93. The van der Waals surface area contributed by atoms with Crippen LogP contribution in [0.25, 0.3) is 0 Å². The van der Waals surface area contributed by atoms with E-state index in [1.54, 1.807) is 0 Å². The highest BCUT2D eigenvalue weighted by Crippen LogP contribution is 2.30. The van der Waals surface area contributed by atoms with Crippen LogP contribution in [0, 0.1) is 16.0 Å². The maximum atomic E-state index is 11.1. The van der Waals surface area contributed by atoms with Gasteiger partial charge in [-0.05, 0) is 11.1 Å². The number of methoxy groups -OCH3 is 1. The Morgan fingerprint density at radius 3 is 2.20 bits per heavy atom. The molecule has 0 bridgehead atoms. The fraction of sp³-hybridized carbons (Fsp3) is 0.455. The van der Waals surface area contributed by atoms with Crippen LogP contribution in [-0.4, -0.2) is 54.9 Å². The lowest BCUT2D eigenvalue weighted by Gasteiger charge is -2.42. The molecular formula is C22H27NO7. The molecule has 1 aliphatic rings. The first-order valence-electron chi connectivity index (χ1n) is 9.83. The van der Waals surface area contributed by atoms with Crippen molar-refractivity contribution in [2.24, 2.45) is 5.92 Å². The van der Waals surface area contributed by atoms with Crippen LogP contribution in [0.2, 0.25) is 0 Å². The molecule has 0 radical (unpaired) electrons. The van der Waals surface area contributed by atoms with Gasteiger partial charge in [-0.1, -0.05) is 60.7 Å². The summed E-state index contributed by atoms with van der Waals surface area (Å²) in [7, 11) is 1.40. The van der Waals surface area contributed by atoms with Crippen LogP contribution in [-0.2, 0) is 32.2 Å². The van der Waals surface area contributed by atoms with Crippen LogP contribution >= 0.6 is 0 Å². The van der Waals surface area contributed by atoms with Crippen molar-refractivity contribution in [2.75, 3.05) is 20.3 Å². The smallest absolute Gasteiger partial charge is 0.214 e. The molecule has 3 rings (SSSR count). The van der Waals surface area contributed by atoms with Gasteiger partial charge in [0.2, 0.25) is 6.54 Å². The van der Waals surface area contributed by atoms with E-state index in [9.17, 15) is 15.2 Å². The minimum Gasteiger partial charge on any atom is -0.390 e. The molecule has 0 aromatic heterocycles. The van der Waals surface area contributed by atoms with Gasteiger partial charge in [0.05, 0.1) is 25.9 Å². The summed E-state index contributed by atoms with van der Waals surface area (Å²) in [6.07, 6.45) is -3.49. The van der Waals surface area contributed by atoms with E-state index < -0.39 is 42.0 Å². The maximum Gasteiger partial charge on any atom is 0.214 e. The second kappa shape index (κ2) is 11.1. The van der Waals surface area contributed by atoms with Crippen molar-refractivity contribution in [1.29, 1.82) is 0 Å². The van der Waals surface area contributed by atoms with Gasteiger partial charge in [-0.2, -0.15) is 0 Å². The first kappa shape index (κ1) is 22.3. The molecule has 1 fully saturated rings. The zero-order valence-electron chi connectivity index (χ0n) is 16.8. The van der Waals surface area contributed by atoms with Gasteiger partial charge in [0.15, 0.2) is 6.29 Å². The number of hydrogen-bond acceptors (Lipinski definition) is 7. The third-order valence-electron chi connectivity index (χ3n) is 5.07. The van der Waals surface area contributed by atoms with Crippen molar-refractivity contribution in [3.8, 4) is 0 Å². The molecule has 1 N–H and O–H groups in total. The van der Waals surface area contributed by atoms with Crippen LogP contribution in [0.4, 0.5) is 0 Å². The lowest BCUT2D eigenvalue weighted by Crippen LogP contribution is -2.58. The van der Waals surface area contributed by atoms with Crippen molar-refractivity contribution < 1.29 is 29.0 Å². The summed E-state index contributed by atoms with van der Waals surface area (Å²) >= 11 is 0. The number of benzene rings is 2. The lowest BCUT2D eigenvalue weighted by molar-refractivity contribution is -0.502. The normalized spacial score (nSPS) is 26.4. The lowest BCUT2D eigenvalue weighted by atomic mass is 9.90.